The van der Waals surface area contributed by atoms with Crippen LogP contribution in [0.2, 0.25) is 0 Å². The molecule has 0 atom stereocenters. The van der Waals surface area contributed by atoms with E-state index in [1.54, 1.807) is 43.5 Å². The Morgan fingerprint density at radius 2 is 1.77 bits per heavy atom. The van der Waals surface area contributed by atoms with Crippen LogP contribution in [0.1, 0.15) is 11.1 Å². The third-order valence-electron chi connectivity index (χ3n) is 3.51. The average molecular weight is 356 g/mol. The Kier molecular flexibility index (Phi) is 6.79. The fourth-order valence-electron chi connectivity index (χ4n) is 2.21. The highest BCUT2D eigenvalue weighted by Crippen LogP contribution is 2.29. The molecule has 0 heterocycles. The quantitative estimate of drug-likeness (QED) is 0.431. The minimum atomic E-state index is -0.460. The number of hydrogen-bond acceptors (Lipinski definition) is 6. The second kappa shape index (κ2) is 9.27. The van der Waals surface area contributed by atoms with E-state index in [1.807, 2.05) is 12.1 Å². The average Bonchev–Trinajstić information content (AvgIpc) is 2.66. The van der Waals surface area contributed by atoms with Crippen molar-refractivity contribution in [2.24, 2.45) is 0 Å². The number of benzene rings is 2. The SMILES string of the molecule is COC(=O)/C=C/c1ccc(OC(=O)Cc2cccc(OC)c2)c(OC)c1. The molecular weight excluding hydrogens is 336 g/mol. The van der Waals surface area contributed by atoms with Gasteiger partial charge < -0.3 is 18.9 Å². The van der Waals surface area contributed by atoms with E-state index in [1.165, 1.54) is 20.3 Å². The summed E-state index contributed by atoms with van der Waals surface area (Å²) in [5.74, 6) is 0.480. The van der Waals surface area contributed by atoms with Crippen molar-refractivity contribution in [2.75, 3.05) is 21.3 Å². The van der Waals surface area contributed by atoms with Crippen molar-refractivity contribution in [1.82, 2.24) is 0 Å². The second-order valence-corrected chi connectivity index (χ2v) is 5.27. The van der Waals surface area contributed by atoms with E-state index in [4.69, 9.17) is 14.2 Å². The van der Waals surface area contributed by atoms with Gasteiger partial charge in [-0.2, -0.15) is 0 Å². The Balaban J connectivity index is 2.09. The number of hydrogen-bond donors (Lipinski definition) is 0. The highest BCUT2D eigenvalue weighted by Gasteiger charge is 2.12. The van der Waals surface area contributed by atoms with Crippen molar-refractivity contribution < 1.29 is 28.5 Å². The molecule has 6 heteroatoms. The summed E-state index contributed by atoms with van der Waals surface area (Å²) in [6.45, 7) is 0. The topological polar surface area (TPSA) is 71.1 Å². The number of esters is 2. The lowest BCUT2D eigenvalue weighted by Gasteiger charge is -2.10. The Hall–Kier alpha value is -3.28. The number of methoxy groups -OCH3 is 3. The number of rotatable bonds is 7. The van der Waals surface area contributed by atoms with E-state index in [-0.39, 0.29) is 6.42 Å². The van der Waals surface area contributed by atoms with Gasteiger partial charge >= 0.3 is 11.9 Å². The summed E-state index contributed by atoms with van der Waals surface area (Å²) >= 11 is 0. The second-order valence-electron chi connectivity index (χ2n) is 5.27. The van der Waals surface area contributed by atoms with Crippen molar-refractivity contribution in [3.63, 3.8) is 0 Å². The monoisotopic (exact) mass is 356 g/mol. The summed E-state index contributed by atoms with van der Waals surface area (Å²) in [6, 6.07) is 12.2. The minimum absolute atomic E-state index is 0.102. The first-order chi connectivity index (χ1) is 12.5. The maximum Gasteiger partial charge on any atom is 0.330 e. The molecule has 2 rings (SSSR count). The first-order valence-corrected chi connectivity index (χ1v) is 7.83. The van der Waals surface area contributed by atoms with Gasteiger partial charge in [-0.25, -0.2) is 4.79 Å². The van der Waals surface area contributed by atoms with Crippen LogP contribution in [0.4, 0.5) is 0 Å². The molecule has 0 saturated heterocycles. The molecule has 6 nitrogen and oxygen atoms in total. The first kappa shape index (κ1) is 19.1. The molecular formula is C20H20O6. The normalized spacial score (nSPS) is 10.4. The van der Waals surface area contributed by atoms with Crippen LogP contribution in [0.25, 0.3) is 6.08 Å². The third-order valence-corrected chi connectivity index (χ3v) is 3.51. The van der Waals surface area contributed by atoms with E-state index < -0.39 is 11.9 Å². The van der Waals surface area contributed by atoms with Crippen LogP contribution in [-0.2, 0) is 20.7 Å². The van der Waals surface area contributed by atoms with Gasteiger partial charge in [-0.15, -0.1) is 0 Å². The van der Waals surface area contributed by atoms with Crippen molar-refractivity contribution in [1.29, 1.82) is 0 Å². The molecule has 0 aliphatic carbocycles. The van der Waals surface area contributed by atoms with Crippen LogP contribution in [0, 0.1) is 0 Å². The fraction of sp³-hybridized carbons (Fsp3) is 0.200. The van der Waals surface area contributed by atoms with Gasteiger partial charge in [-0.3, -0.25) is 4.79 Å². The Bertz CT molecular complexity index is 810. The molecule has 0 aromatic heterocycles. The summed E-state index contributed by atoms with van der Waals surface area (Å²) in [7, 11) is 4.35. The van der Waals surface area contributed by atoms with Gasteiger partial charge in [0.1, 0.15) is 5.75 Å². The molecule has 0 fully saturated rings. The zero-order valence-corrected chi connectivity index (χ0v) is 14.9. The lowest BCUT2D eigenvalue weighted by Crippen LogP contribution is -2.12. The smallest absolute Gasteiger partial charge is 0.330 e. The molecule has 2 aromatic rings. The molecule has 0 amide bonds. The van der Waals surface area contributed by atoms with Crippen LogP contribution >= 0.6 is 0 Å². The van der Waals surface area contributed by atoms with Gasteiger partial charge in [0.15, 0.2) is 11.5 Å². The molecule has 0 radical (unpaired) electrons. The van der Waals surface area contributed by atoms with E-state index in [9.17, 15) is 9.59 Å². The molecule has 136 valence electrons. The molecule has 0 spiro atoms. The van der Waals surface area contributed by atoms with Crippen molar-refractivity contribution in [3.05, 3.63) is 59.7 Å². The van der Waals surface area contributed by atoms with Gasteiger partial charge in [0.2, 0.25) is 0 Å². The predicted octanol–water partition coefficient (Wildman–Crippen LogP) is 3.04. The predicted molar refractivity (Wildman–Crippen MR) is 96.4 cm³/mol. The molecule has 0 saturated carbocycles. The Labute approximate surface area is 151 Å². The minimum Gasteiger partial charge on any atom is -0.497 e. The zero-order valence-electron chi connectivity index (χ0n) is 14.9. The van der Waals surface area contributed by atoms with Crippen LogP contribution in [0.15, 0.2) is 48.5 Å². The van der Waals surface area contributed by atoms with Gasteiger partial charge in [0, 0.05) is 6.08 Å². The molecule has 2 aromatic carbocycles. The standard InChI is InChI=1S/C20H20O6/c1-23-16-6-4-5-15(11-16)13-20(22)26-17-9-7-14(12-18(17)24-2)8-10-19(21)25-3/h4-12H,13H2,1-3H3/b10-8+. The maximum atomic E-state index is 12.2. The van der Waals surface area contributed by atoms with E-state index in [0.29, 0.717) is 22.8 Å². The maximum absolute atomic E-state index is 12.2. The summed E-state index contributed by atoms with van der Waals surface area (Å²) < 4.78 is 20.3. The van der Waals surface area contributed by atoms with Gasteiger partial charge in [-0.1, -0.05) is 18.2 Å². The summed E-state index contributed by atoms with van der Waals surface area (Å²) in [6.07, 6.45) is 2.98. The van der Waals surface area contributed by atoms with E-state index in [0.717, 1.165) is 5.56 Å². The number of carbonyl (C=O) groups is 2. The van der Waals surface area contributed by atoms with Gasteiger partial charge in [-0.05, 0) is 41.5 Å². The number of ether oxygens (including phenoxy) is 4. The van der Waals surface area contributed by atoms with Crippen molar-refractivity contribution in [2.45, 2.75) is 6.42 Å². The lowest BCUT2D eigenvalue weighted by atomic mass is 10.1. The first-order valence-electron chi connectivity index (χ1n) is 7.83. The largest absolute Gasteiger partial charge is 0.497 e. The molecule has 0 aliphatic rings. The molecule has 0 N–H and O–H groups in total. The van der Waals surface area contributed by atoms with Gasteiger partial charge in [0.25, 0.3) is 0 Å². The van der Waals surface area contributed by atoms with Crippen molar-refractivity contribution in [3.8, 4) is 17.2 Å². The summed E-state index contributed by atoms with van der Waals surface area (Å²) in [4.78, 5) is 23.3. The van der Waals surface area contributed by atoms with E-state index >= 15 is 0 Å². The van der Waals surface area contributed by atoms with Crippen molar-refractivity contribution >= 4 is 18.0 Å². The van der Waals surface area contributed by atoms with Crippen LogP contribution < -0.4 is 14.2 Å². The molecule has 0 unspecified atom stereocenters. The van der Waals surface area contributed by atoms with Gasteiger partial charge in [0.05, 0.1) is 27.8 Å². The highest BCUT2D eigenvalue weighted by atomic mass is 16.6. The molecule has 26 heavy (non-hydrogen) atoms. The number of carbonyl (C=O) groups excluding carboxylic acids is 2. The third kappa shape index (κ3) is 5.37. The Morgan fingerprint density at radius 1 is 0.962 bits per heavy atom. The van der Waals surface area contributed by atoms with E-state index in [2.05, 4.69) is 4.74 Å². The summed E-state index contributed by atoms with van der Waals surface area (Å²) in [5, 5.41) is 0. The Morgan fingerprint density at radius 3 is 2.46 bits per heavy atom. The van der Waals surface area contributed by atoms with Crippen LogP contribution in [-0.4, -0.2) is 33.3 Å². The fourth-order valence-corrected chi connectivity index (χ4v) is 2.21. The summed E-state index contributed by atoms with van der Waals surface area (Å²) in [5.41, 5.74) is 1.49. The lowest BCUT2D eigenvalue weighted by molar-refractivity contribution is -0.135. The molecule has 0 aliphatic heterocycles. The zero-order chi connectivity index (χ0) is 18.9. The van der Waals surface area contributed by atoms with Crippen LogP contribution in [0.3, 0.4) is 0 Å². The molecule has 0 bridgehead atoms. The highest BCUT2D eigenvalue weighted by molar-refractivity contribution is 5.87. The van der Waals surface area contributed by atoms with Crippen LogP contribution in [0.5, 0.6) is 17.2 Å².